The van der Waals surface area contributed by atoms with Gasteiger partial charge in [0.25, 0.3) is 0 Å². The fraction of sp³-hybridized carbons (Fsp3) is 0.400. The molecule has 0 amide bonds. The second kappa shape index (κ2) is 8.45. The highest BCUT2D eigenvalue weighted by Gasteiger charge is 2.17. The molecule has 0 atom stereocenters. The van der Waals surface area contributed by atoms with Crippen molar-refractivity contribution >= 4 is 17.4 Å². The van der Waals surface area contributed by atoms with Crippen molar-refractivity contribution in [3.05, 3.63) is 54.1 Å². The number of hydrogen-bond acceptors (Lipinski definition) is 4. The largest absolute Gasteiger partial charge is 0.497 e. The highest BCUT2D eigenvalue weighted by atomic mass is 32.2. The Labute approximate surface area is 149 Å². The van der Waals surface area contributed by atoms with E-state index in [1.54, 1.807) is 7.11 Å². The first-order valence-electron chi connectivity index (χ1n) is 8.61. The Kier molecular flexibility index (Phi) is 6.05. The summed E-state index contributed by atoms with van der Waals surface area (Å²) < 4.78 is 5.33. The smallest absolute Gasteiger partial charge is 0.120 e. The first-order chi connectivity index (χ1) is 11.8. The van der Waals surface area contributed by atoms with Crippen LogP contribution >= 0.6 is 11.8 Å². The zero-order chi connectivity index (χ0) is 16.8. The van der Waals surface area contributed by atoms with Crippen LogP contribution in [0.1, 0.15) is 12.5 Å². The molecule has 0 spiro atoms. The first-order valence-corrected chi connectivity index (χ1v) is 9.60. The van der Waals surface area contributed by atoms with E-state index in [9.17, 15) is 0 Å². The molecule has 0 unspecified atom stereocenters. The maximum atomic E-state index is 5.33. The van der Waals surface area contributed by atoms with Crippen LogP contribution in [0.25, 0.3) is 0 Å². The van der Waals surface area contributed by atoms with E-state index in [1.807, 2.05) is 17.8 Å². The van der Waals surface area contributed by atoms with E-state index in [1.165, 1.54) is 16.1 Å². The molecule has 0 aromatic heterocycles. The summed E-state index contributed by atoms with van der Waals surface area (Å²) in [5, 5.41) is 0. The number of ether oxygens (including phenoxy) is 1. The van der Waals surface area contributed by atoms with Gasteiger partial charge in [-0.2, -0.15) is 0 Å². The summed E-state index contributed by atoms with van der Waals surface area (Å²) in [6.07, 6.45) is 0. The topological polar surface area (TPSA) is 15.7 Å². The molecule has 1 aliphatic rings. The van der Waals surface area contributed by atoms with Crippen molar-refractivity contribution in [3.8, 4) is 5.75 Å². The van der Waals surface area contributed by atoms with Gasteiger partial charge in [0.1, 0.15) is 5.75 Å². The Morgan fingerprint density at radius 1 is 1.00 bits per heavy atom. The second-order valence-corrected chi connectivity index (χ2v) is 7.38. The summed E-state index contributed by atoms with van der Waals surface area (Å²) in [5.74, 6) is 2.06. The van der Waals surface area contributed by atoms with Crippen molar-refractivity contribution in [1.82, 2.24) is 4.90 Å². The fourth-order valence-corrected chi connectivity index (χ4v) is 3.75. The quantitative estimate of drug-likeness (QED) is 0.733. The minimum absolute atomic E-state index is 0.931. The molecule has 0 saturated carbocycles. The minimum Gasteiger partial charge on any atom is -0.497 e. The van der Waals surface area contributed by atoms with Gasteiger partial charge in [-0.1, -0.05) is 25.1 Å². The van der Waals surface area contributed by atoms with Crippen molar-refractivity contribution in [2.75, 3.05) is 43.9 Å². The van der Waals surface area contributed by atoms with Crippen molar-refractivity contribution in [2.24, 2.45) is 0 Å². The van der Waals surface area contributed by atoms with Gasteiger partial charge in [0, 0.05) is 49.4 Å². The molecule has 1 aliphatic heterocycles. The first kappa shape index (κ1) is 17.2. The third-order valence-electron chi connectivity index (χ3n) is 4.43. The van der Waals surface area contributed by atoms with Crippen molar-refractivity contribution in [3.63, 3.8) is 0 Å². The van der Waals surface area contributed by atoms with Gasteiger partial charge in [-0.3, -0.25) is 4.90 Å². The Hall–Kier alpha value is -1.65. The molecule has 24 heavy (non-hydrogen) atoms. The SMILES string of the molecule is CCSc1ccc(CN2CCN(c3cccc(OC)c3)CC2)cc1. The highest BCUT2D eigenvalue weighted by Crippen LogP contribution is 2.23. The lowest BCUT2D eigenvalue weighted by Gasteiger charge is -2.36. The van der Waals surface area contributed by atoms with Crippen LogP contribution in [0.4, 0.5) is 5.69 Å². The molecule has 128 valence electrons. The van der Waals surface area contributed by atoms with Gasteiger partial charge in [0.2, 0.25) is 0 Å². The molecular weight excluding hydrogens is 316 g/mol. The zero-order valence-electron chi connectivity index (χ0n) is 14.6. The van der Waals surface area contributed by atoms with E-state index in [-0.39, 0.29) is 0 Å². The molecule has 1 fully saturated rings. The van der Waals surface area contributed by atoms with E-state index in [0.29, 0.717) is 0 Å². The normalized spacial score (nSPS) is 15.5. The molecule has 1 saturated heterocycles. The molecule has 0 radical (unpaired) electrons. The van der Waals surface area contributed by atoms with Gasteiger partial charge in [-0.05, 0) is 35.6 Å². The average Bonchev–Trinajstić information content (AvgIpc) is 2.64. The zero-order valence-corrected chi connectivity index (χ0v) is 15.4. The third-order valence-corrected chi connectivity index (χ3v) is 5.33. The van der Waals surface area contributed by atoms with Crippen molar-refractivity contribution in [1.29, 1.82) is 0 Å². The number of rotatable bonds is 6. The van der Waals surface area contributed by atoms with Crippen molar-refractivity contribution < 1.29 is 4.74 Å². The Morgan fingerprint density at radius 3 is 2.42 bits per heavy atom. The van der Waals surface area contributed by atoms with Crippen LogP contribution in [0.15, 0.2) is 53.4 Å². The van der Waals surface area contributed by atoms with E-state index >= 15 is 0 Å². The predicted octanol–water partition coefficient (Wildman–Crippen LogP) is 4.13. The standard InChI is InChI=1S/C20H26N2OS/c1-3-24-20-9-7-17(8-10-20)16-21-11-13-22(14-12-21)18-5-4-6-19(15-18)23-2/h4-10,15H,3,11-14,16H2,1-2H3. The van der Waals surface area contributed by atoms with Gasteiger partial charge < -0.3 is 9.64 Å². The van der Waals surface area contributed by atoms with Gasteiger partial charge in [-0.25, -0.2) is 0 Å². The van der Waals surface area contributed by atoms with Gasteiger partial charge in [-0.15, -0.1) is 11.8 Å². The monoisotopic (exact) mass is 342 g/mol. The maximum absolute atomic E-state index is 5.33. The minimum atomic E-state index is 0.931. The van der Waals surface area contributed by atoms with E-state index in [4.69, 9.17) is 4.74 Å². The number of nitrogens with zero attached hydrogens (tertiary/aromatic N) is 2. The van der Waals surface area contributed by atoms with E-state index < -0.39 is 0 Å². The van der Waals surface area contributed by atoms with E-state index in [2.05, 4.69) is 59.2 Å². The molecule has 0 bridgehead atoms. The lowest BCUT2D eigenvalue weighted by Crippen LogP contribution is -2.45. The number of hydrogen-bond donors (Lipinski definition) is 0. The molecule has 2 aromatic carbocycles. The molecule has 4 heteroatoms. The summed E-state index contributed by atoms with van der Waals surface area (Å²) in [4.78, 5) is 6.35. The van der Waals surface area contributed by atoms with Crippen LogP contribution in [0, 0.1) is 0 Å². The van der Waals surface area contributed by atoms with Crippen LogP contribution in [-0.4, -0.2) is 43.9 Å². The molecule has 0 N–H and O–H groups in total. The number of anilines is 1. The maximum Gasteiger partial charge on any atom is 0.120 e. The van der Waals surface area contributed by atoms with Gasteiger partial charge >= 0.3 is 0 Å². The third kappa shape index (κ3) is 4.46. The molecule has 3 rings (SSSR count). The van der Waals surface area contributed by atoms with E-state index in [0.717, 1.165) is 44.2 Å². The summed E-state index contributed by atoms with van der Waals surface area (Å²) in [6.45, 7) is 7.57. The lowest BCUT2D eigenvalue weighted by molar-refractivity contribution is 0.250. The Balaban J connectivity index is 1.53. The molecule has 3 nitrogen and oxygen atoms in total. The summed E-state index contributed by atoms with van der Waals surface area (Å²) in [6, 6.07) is 17.4. The fourth-order valence-electron chi connectivity index (χ4n) is 3.09. The Morgan fingerprint density at radius 2 is 1.75 bits per heavy atom. The molecule has 2 aromatic rings. The van der Waals surface area contributed by atoms with Crippen molar-refractivity contribution in [2.45, 2.75) is 18.4 Å². The number of methoxy groups -OCH3 is 1. The number of benzene rings is 2. The molecule has 0 aliphatic carbocycles. The van der Waals surface area contributed by atoms with Crippen LogP contribution < -0.4 is 9.64 Å². The Bertz CT molecular complexity index is 636. The van der Waals surface area contributed by atoms with Crippen LogP contribution in [0.5, 0.6) is 5.75 Å². The lowest BCUT2D eigenvalue weighted by atomic mass is 10.2. The second-order valence-electron chi connectivity index (χ2n) is 6.04. The molecular formula is C20H26N2OS. The van der Waals surface area contributed by atoms with Gasteiger partial charge in [0.05, 0.1) is 7.11 Å². The predicted molar refractivity (Wildman–Crippen MR) is 103 cm³/mol. The van der Waals surface area contributed by atoms with Gasteiger partial charge in [0.15, 0.2) is 0 Å². The molecule has 1 heterocycles. The summed E-state index contributed by atoms with van der Waals surface area (Å²) >= 11 is 1.90. The average molecular weight is 343 g/mol. The summed E-state index contributed by atoms with van der Waals surface area (Å²) in [7, 11) is 1.72. The number of thioether (sulfide) groups is 1. The van der Waals surface area contributed by atoms with Crippen LogP contribution in [0.2, 0.25) is 0 Å². The highest BCUT2D eigenvalue weighted by molar-refractivity contribution is 7.99. The number of piperazine rings is 1. The summed E-state index contributed by atoms with van der Waals surface area (Å²) in [5.41, 5.74) is 2.67. The van der Waals surface area contributed by atoms with Crippen LogP contribution in [-0.2, 0) is 6.54 Å². The van der Waals surface area contributed by atoms with Crippen LogP contribution in [0.3, 0.4) is 0 Å².